The van der Waals surface area contributed by atoms with E-state index in [-0.39, 0.29) is 0 Å². The van der Waals surface area contributed by atoms with Gasteiger partial charge in [-0.2, -0.15) is 0 Å². The van der Waals surface area contributed by atoms with E-state index in [1.165, 1.54) is 13.0 Å². The molecule has 2 atom stereocenters. The van der Waals surface area contributed by atoms with Crippen molar-refractivity contribution in [1.82, 2.24) is 4.90 Å². The van der Waals surface area contributed by atoms with Gasteiger partial charge in [-0.1, -0.05) is 19.1 Å². The summed E-state index contributed by atoms with van der Waals surface area (Å²) in [5.74, 6) is 0.881. The van der Waals surface area contributed by atoms with Gasteiger partial charge in [0.05, 0.1) is 0 Å². The molecule has 1 heteroatoms. The van der Waals surface area contributed by atoms with Crippen LogP contribution in [-0.2, 0) is 0 Å². The fourth-order valence-corrected chi connectivity index (χ4v) is 1.74. The van der Waals surface area contributed by atoms with E-state index >= 15 is 0 Å². The Morgan fingerprint density at radius 1 is 1.50 bits per heavy atom. The molecule has 1 aliphatic heterocycles. The van der Waals surface area contributed by atoms with Crippen LogP contribution in [-0.4, -0.2) is 24.5 Å². The summed E-state index contributed by atoms with van der Waals surface area (Å²) in [7, 11) is 2.20. The standard InChI is InChI=1S/C9H17N/c1-4-5-9-6-8(2)7-10(9)3/h4-5,8-9H,6-7H2,1-3H3/b5-4-/t8?,9-/m1/s1. The summed E-state index contributed by atoms with van der Waals surface area (Å²) in [6.45, 7) is 5.67. The Bertz CT molecular complexity index is 129. The zero-order chi connectivity index (χ0) is 7.56. The fourth-order valence-electron chi connectivity index (χ4n) is 1.74. The lowest BCUT2D eigenvalue weighted by molar-refractivity contribution is 0.350. The number of allylic oxidation sites excluding steroid dienone is 1. The van der Waals surface area contributed by atoms with Gasteiger partial charge in [-0.25, -0.2) is 0 Å². The van der Waals surface area contributed by atoms with Crippen molar-refractivity contribution in [3.63, 3.8) is 0 Å². The molecule has 0 saturated carbocycles. The van der Waals surface area contributed by atoms with Gasteiger partial charge >= 0.3 is 0 Å². The molecule has 1 unspecified atom stereocenters. The molecule has 0 aromatic rings. The first-order chi connectivity index (χ1) is 4.74. The van der Waals surface area contributed by atoms with Crippen molar-refractivity contribution in [2.75, 3.05) is 13.6 Å². The number of likely N-dealkylation sites (N-methyl/N-ethyl adjacent to an activating group) is 1. The van der Waals surface area contributed by atoms with Gasteiger partial charge in [0.2, 0.25) is 0 Å². The van der Waals surface area contributed by atoms with Crippen LogP contribution in [0, 0.1) is 5.92 Å². The molecule has 0 radical (unpaired) electrons. The van der Waals surface area contributed by atoms with E-state index in [1.807, 2.05) is 0 Å². The first kappa shape index (κ1) is 7.80. The molecule has 0 amide bonds. The Kier molecular flexibility index (Phi) is 2.50. The Balaban J connectivity index is 2.46. The zero-order valence-electron chi connectivity index (χ0n) is 7.17. The van der Waals surface area contributed by atoms with E-state index in [0.29, 0.717) is 6.04 Å². The van der Waals surface area contributed by atoms with Crippen LogP contribution in [0.25, 0.3) is 0 Å². The van der Waals surface area contributed by atoms with Crippen LogP contribution < -0.4 is 0 Å². The zero-order valence-corrected chi connectivity index (χ0v) is 7.17. The maximum Gasteiger partial charge on any atom is 0.0278 e. The molecule has 0 aromatic heterocycles. The minimum absolute atomic E-state index is 0.708. The van der Waals surface area contributed by atoms with E-state index in [2.05, 4.69) is 37.9 Å². The summed E-state index contributed by atoms with van der Waals surface area (Å²) in [6.07, 6.45) is 5.78. The molecular formula is C9H17N. The van der Waals surface area contributed by atoms with E-state index in [1.54, 1.807) is 0 Å². The van der Waals surface area contributed by atoms with E-state index < -0.39 is 0 Å². The van der Waals surface area contributed by atoms with Crippen molar-refractivity contribution in [3.05, 3.63) is 12.2 Å². The lowest BCUT2D eigenvalue weighted by atomic mass is 10.1. The van der Waals surface area contributed by atoms with Gasteiger partial charge in [-0.05, 0) is 26.3 Å². The molecule has 1 heterocycles. The second kappa shape index (κ2) is 3.20. The Labute approximate surface area is 63.7 Å². The third-order valence-electron chi connectivity index (χ3n) is 2.22. The number of hydrogen-bond acceptors (Lipinski definition) is 1. The van der Waals surface area contributed by atoms with Crippen molar-refractivity contribution in [3.8, 4) is 0 Å². The van der Waals surface area contributed by atoms with E-state index in [0.717, 1.165) is 5.92 Å². The van der Waals surface area contributed by atoms with Crippen LogP contribution in [0.2, 0.25) is 0 Å². The summed E-state index contributed by atoms with van der Waals surface area (Å²) < 4.78 is 0. The lowest BCUT2D eigenvalue weighted by Crippen LogP contribution is -2.22. The molecule has 1 rings (SSSR count). The minimum Gasteiger partial charge on any atom is -0.300 e. The monoisotopic (exact) mass is 139 g/mol. The first-order valence-electron chi connectivity index (χ1n) is 4.07. The van der Waals surface area contributed by atoms with Gasteiger partial charge < -0.3 is 0 Å². The summed E-state index contributed by atoms with van der Waals surface area (Å²) >= 11 is 0. The molecule has 10 heavy (non-hydrogen) atoms. The van der Waals surface area contributed by atoms with Crippen LogP contribution in [0.15, 0.2) is 12.2 Å². The van der Waals surface area contributed by atoms with Crippen molar-refractivity contribution in [2.45, 2.75) is 26.3 Å². The van der Waals surface area contributed by atoms with E-state index in [4.69, 9.17) is 0 Å². The summed E-state index contributed by atoms with van der Waals surface area (Å²) in [5, 5.41) is 0. The average Bonchev–Trinajstić information content (AvgIpc) is 2.13. The maximum absolute atomic E-state index is 2.42. The molecule has 0 spiro atoms. The predicted octanol–water partition coefficient (Wildman–Crippen LogP) is 1.90. The minimum atomic E-state index is 0.708. The van der Waals surface area contributed by atoms with Gasteiger partial charge in [0, 0.05) is 12.6 Å². The summed E-state index contributed by atoms with van der Waals surface area (Å²) in [5.41, 5.74) is 0. The molecule has 1 aliphatic rings. The Morgan fingerprint density at radius 3 is 2.60 bits per heavy atom. The van der Waals surface area contributed by atoms with Crippen LogP contribution in [0.4, 0.5) is 0 Å². The normalized spacial score (nSPS) is 35.9. The Hall–Kier alpha value is -0.300. The van der Waals surface area contributed by atoms with Crippen molar-refractivity contribution in [2.24, 2.45) is 5.92 Å². The van der Waals surface area contributed by atoms with Gasteiger partial charge in [0.25, 0.3) is 0 Å². The largest absolute Gasteiger partial charge is 0.300 e. The highest BCUT2D eigenvalue weighted by Crippen LogP contribution is 2.21. The van der Waals surface area contributed by atoms with Gasteiger partial charge in [-0.15, -0.1) is 0 Å². The highest BCUT2D eigenvalue weighted by Gasteiger charge is 2.23. The van der Waals surface area contributed by atoms with E-state index in [9.17, 15) is 0 Å². The van der Waals surface area contributed by atoms with Gasteiger partial charge in [-0.3, -0.25) is 4.90 Å². The number of nitrogens with zero attached hydrogens (tertiary/aromatic N) is 1. The second-order valence-corrected chi connectivity index (χ2v) is 3.37. The molecule has 1 nitrogen and oxygen atoms in total. The average molecular weight is 139 g/mol. The highest BCUT2D eigenvalue weighted by molar-refractivity contribution is 4.96. The molecule has 58 valence electrons. The molecule has 0 bridgehead atoms. The number of rotatable bonds is 1. The van der Waals surface area contributed by atoms with Crippen LogP contribution in [0.3, 0.4) is 0 Å². The quantitative estimate of drug-likeness (QED) is 0.501. The third kappa shape index (κ3) is 1.60. The van der Waals surface area contributed by atoms with Crippen molar-refractivity contribution >= 4 is 0 Å². The Morgan fingerprint density at radius 2 is 2.20 bits per heavy atom. The SMILES string of the molecule is C/C=C\[C@@H]1CC(C)CN1C. The highest BCUT2D eigenvalue weighted by atomic mass is 15.1. The smallest absolute Gasteiger partial charge is 0.0278 e. The topological polar surface area (TPSA) is 3.24 Å². The predicted molar refractivity (Wildman–Crippen MR) is 45.0 cm³/mol. The van der Waals surface area contributed by atoms with Gasteiger partial charge in [0.1, 0.15) is 0 Å². The summed E-state index contributed by atoms with van der Waals surface area (Å²) in [6, 6.07) is 0.708. The van der Waals surface area contributed by atoms with Crippen molar-refractivity contribution < 1.29 is 0 Å². The molecule has 0 N–H and O–H groups in total. The van der Waals surface area contributed by atoms with Crippen LogP contribution >= 0.6 is 0 Å². The molecule has 1 saturated heterocycles. The molecule has 0 aliphatic carbocycles. The summed E-state index contributed by atoms with van der Waals surface area (Å²) in [4.78, 5) is 2.42. The molecule has 1 fully saturated rings. The third-order valence-corrected chi connectivity index (χ3v) is 2.22. The van der Waals surface area contributed by atoms with Gasteiger partial charge in [0.15, 0.2) is 0 Å². The molecular weight excluding hydrogens is 122 g/mol. The fraction of sp³-hybridized carbons (Fsp3) is 0.778. The lowest BCUT2D eigenvalue weighted by Gasteiger charge is -2.14. The number of likely N-dealkylation sites (tertiary alicyclic amines) is 1. The second-order valence-electron chi connectivity index (χ2n) is 3.37. The van der Waals surface area contributed by atoms with Crippen LogP contribution in [0.5, 0.6) is 0 Å². The van der Waals surface area contributed by atoms with Crippen molar-refractivity contribution in [1.29, 1.82) is 0 Å². The number of hydrogen-bond donors (Lipinski definition) is 0. The van der Waals surface area contributed by atoms with Crippen LogP contribution in [0.1, 0.15) is 20.3 Å². The molecule has 0 aromatic carbocycles. The maximum atomic E-state index is 2.42. The first-order valence-corrected chi connectivity index (χ1v) is 4.07.